The molecule has 11 rings (SSSR count). The highest BCUT2D eigenvalue weighted by molar-refractivity contribution is 6.18. The van der Waals surface area contributed by atoms with Crippen molar-refractivity contribution in [2.75, 3.05) is 9.80 Å². The Morgan fingerprint density at radius 1 is 0.304 bits per heavy atom. The molecule has 0 radical (unpaired) electrons. The molecule has 4 heteroatoms. The van der Waals surface area contributed by atoms with Crippen molar-refractivity contribution in [2.24, 2.45) is 0 Å². The smallest absolute Gasteiger partial charge is 0.139 e. The summed E-state index contributed by atoms with van der Waals surface area (Å²) in [6, 6.07) is 62.9. The van der Waals surface area contributed by atoms with Crippen LogP contribution in [0.4, 0.5) is 34.1 Å². The minimum atomic E-state index is 0.0675. The highest BCUT2D eigenvalue weighted by Gasteiger charge is 2.22. The molecule has 2 aromatic heterocycles. The van der Waals surface area contributed by atoms with Crippen molar-refractivity contribution in [3.63, 3.8) is 0 Å². The van der Waals surface area contributed by atoms with E-state index in [9.17, 15) is 0 Å². The van der Waals surface area contributed by atoms with Crippen LogP contribution in [0.25, 0.3) is 65.4 Å². The second-order valence-corrected chi connectivity index (χ2v) is 22.6. The summed E-state index contributed by atoms with van der Waals surface area (Å²) in [5.74, 6) is 0.463. The minimum absolute atomic E-state index is 0.0675. The van der Waals surface area contributed by atoms with Gasteiger partial charge in [0.1, 0.15) is 22.3 Å². The Labute approximate surface area is 406 Å². The van der Waals surface area contributed by atoms with E-state index in [4.69, 9.17) is 8.83 Å². The Hall–Kier alpha value is -7.30. The maximum absolute atomic E-state index is 6.69. The van der Waals surface area contributed by atoms with E-state index in [-0.39, 0.29) is 16.2 Å². The maximum atomic E-state index is 6.69. The fraction of sp³-hybridized carbons (Fsp3) is 0.231. The Morgan fingerprint density at radius 2 is 0.609 bits per heavy atom. The largest absolute Gasteiger partial charge is 0.456 e. The monoisotopic (exact) mass is 902 g/mol. The minimum Gasteiger partial charge on any atom is -0.456 e. The van der Waals surface area contributed by atoms with Crippen molar-refractivity contribution in [3.8, 4) is 0 Å². The lowest BCUT2D eigenvalue weighted by atomic mass is 9.86. The van der Waals surface area contributed by atoms with Crippen LogP contribution in [0.3, 0.4) is 0 Å². The SMILES string of the molecule is CC(C)c1ccc(N(c2ccc(C(C)(C)C)cc2)c2ccc3cc4c(cc3c2)oc2cc3oc5cc6cc(N(c7ccc(C(C)(C)C)cc7)c7ccc(C(C)(C)C)cc7)ccc6cc5c3cc24)cc1. The molecular weight excluding hydrogens is 841 g/mol. The molecule has 0 N–H and O–H groups in total. The standard InChI is InChI=1S/C65H62N2O2/c1-40(2)41-12-22-49(23-13-41)66(50-26-16-46(17-27-50)63(3,4)5)53-24-14-42-34-55-57-38-58-56-35-43-15-25-54(33-45(43)37-60(56)69-62(58)39-61(57)68-59(55)36-44(42)32-53)67(51-28-18-47(19-29-51)64(6,7)8)52-30-20-48(21-31-52)65(9,10)11/h12-40H,1-11H3. The van der Waals surface area contributed by atoms with Gasteiger partial charge in [-0.1, -0.05) is 137 Å². The zero-order chi connectivity index (χ0) is 48.1. The van der Waals surface area contributed by atoms with Gasteiger partial charge in [-0.25, -0.2) is 0 Å². The van der Waals surface area contributed by atoms with Gasteiger partial charge in [0.05, 0.1) is 0 Å². The van der Waals surface area contributed by atoms with E-state index in [0.29, 0.717) is 5.92 Å². The highest BCUT2D eigenvalue weighted by atomic mass is 16.3. The first-order chi connectivity index (χ1) is 32.9. The number of hydrogen-bond acceptors (Lipinski definition) is 4. The van der Waals surface area contributed by atoms with Crippen LogP contribution in [0.2, 0.25) is 0 Å². The molecule has 11 aromatic rings. The molecule has 344 valence electrons. The molecule has 0 saturated heterocycles. The zero-order valence-electron chi connectivity index (χ0n) is 42.0. The molecule has 9 aromatic carbocycles. The summed E-state index contributed by atoms with van der Waals surface area (Å²) in [5.41, 5.74) is 15.5. The fourth-order valence-corrected chi connectivity index (χ4v) is 10.0. The lowest BCUT2D eigenvalue weighted by molar-refractivity contribution is 0.590. The maximum Gasteiger partial charge on any atom is 0.139 e. The molecule has 0 spiro atoms. The molecule has 2 heterocycles. The average molecular weight is 903 g/mol. The van der Waals surface area contributed by atoms with Crippen LogP contribution < -0.4 is 9.80 Å². The van der Waals surface area contributed by atoms with Crippen molar-refractivity contribution in [3.05, 3.63) is 192 Å². The van der Waals surface area contributed by atoms with Crippen LogP contribution in [0.15, 0.2) is 179 Å². The van der Waals surface area contributed by atoms with E-state index in [1.54, 1.807) is 0 Å². The normalized spacial score (nSPS) is 12.7. The van der Waals surface area contributed by atoms with Crippen LogP contribution in [0, 0.1) is 0 Å². The van der Waals surface area contributed by atoms with E-state index in [1.165, 1.54) is 22.3 Å². The van der Waals surface area contributed by atoms with E-state index >= 15 is 0 Å². The van der Waals surface area contributed by atoms with Gasteiger partial charge in [-0.2, -0.15) is 0 Å². The average Bonchev–Trinajstić information content (AvgIpc) is 3.84. The molecule has 0 aliphatic carbocycles. The van der Waals surface area contributed by atoms with Gasteiger partial charge in [-0.3, -0.25) is 0 Å². The van der Waals surface area contributed by atoms with Gasteiger partial charge < -0.3 is 18.6 Å². The van der Waals surface area contributed by atoms with Gasteiger partial charge in [-0.05, 0) is 169 Å². The van der Waals surface area contributed by atoms with Gasteiger partial charge in [-0.15, -0.1) is 0 Å². The topological polar surface area (TPSA) is 32.8 Å². The summed E-state index contributed by atoms with van der Waals surface area (Å²) in [6.07, 6.45) is 0. The summed E-state index contributed by atoms with van der Waals surface area (Å²) in [5, 5.41) is 8.92. The van der Waals surface area contributed by atoms with E-state index in [2.05, 4.69) is 256 Å². The third-order valence-electron chi connectivity index (χ3n) is 14.3. The molecule has 69 heavy (non-hydrogen) atoms. The lowest BCUT2D eigenvalue weighted by Crippen LogP contribution is -2.14. The van der Waals surface area contributed by atoms with Crippen LogP contribution in [0.5, 0.6) is 0 Å². The van der Waals surface area contributed by atoms with Crippen molar-refractivity contribution in [1.29, 1.82) is 0 Å². The molecule has 0 amide bonds. The fourth-order valence-electron chi connectivity index (χ4n) is 10.0. The summed E-state index contributed by atoms with van der Waals surface area (Å²) in [7, 11) is 0. The summed E-state index contributed by atoms with van der Waals surface area (Å²) in [6.45, 7) is 24.9. The number of fused-ring (bicyclic) bond motifs is 8. The molecule has 0 atom stereocenters. The van der Waals surface area contributed by atoms with Crippen LogP contribution in [-0.4, -0.2) is 0 Å². The van der Waals surface area contributed by atoms with Crippen LogP contribution >= 0.6 is 0 Å². The van der Waals surface area contributed by atoms with Gasteiger partial charge in [0.15, 0.2) is 0 Å². The zero-order valence-corrected chi connectivity index (χ0v) is 42.0. The van der Waals surface area contributed by atoms with Crippen molar-refractivity contribution >= 4 is 99.5 Å². The Kier molecular flexibility index (Phi) is 10.4. The molecular formula is C65H62N2O2. The number of anilines is 6. The van der Waals surface area contributed by atoms with Crippen LogP contribution in [0.1, 0.15) is 104 Å². The Balaban J connectivity index is 0.972. The first kappa shape index (κ1) is 44.2. The molecule has 0 unspecified atom stereocenters. The molecule has 4 nitrogen and oxygen atoms in total. The molecule has 0 aliphatic rings. The third-order valence-corrected chi connectivity index (χ3v) is 14.3. The first-order valence-corrected chi connectivity index (χ1v) is 24.6. The molecule has 0 fully saturated rings. The van der Waals surface area contributed by atoms with Gasteiger partial charge in [0, 0.05) is 61.7 Å². The summed E-state index contributed by atoms with van der Waals surface area (Å²) < 4.78 is 13.4. The van der Waals surface area contributed by atoms with E-state index < -0.39 is 0 Å². The number of nitrogens with zero attached hydrogens (tertiary/aromatic N) is 2. The van der Waals surface area contributed by atoms with Gasteiger partial charge in [0.2, 0.25) is 0 Å². The van der Waals surface area contributed by atoms with E-state index in [1.807, 2.05) is 0 Å². The van der Waals surface area contributed by atoms with Crippen molar-refractivity contribution < 1.29 is 8.83 Å². The molecule has 0 aliphatic heterocycles. The predicted octanol–water partition coefficient (Wildman–Crippen LogP) is 19.7. The number of furan rings is 2. The second kappa shape index (κ2) is 16.2. The third kappa shape index (κ3) is 8.10. The second-order valence-electron chi connectivity index (χ2n) is 22.6. The van der Waals surface area contributed by atoms with Gasteiger partial charge in [0.25, 0.3) is 0 Å². The number of rotatable bonds is 7. The van der Waals surface area contributed by atoms with Gasteiger partial charge >= 0.3 is 0 Å². The van der Waals surface area contributed by atoms with Crippen molar-refractivity contribution in [1.82, 2.24) is 0 Å². The Bertz CT molecular complexity index is 3660. The Morgan fingerprint density at radius 3 is 0.942 bits per heavy atom. The highest BCUT2D eigenvalue weighted by Crippen LogP contribution is 2.44. The molecule has 0 saturated carbocycles. The quantitative estimate of drug-likeness (QED) is 0.160. The van der Waals surface area contributed by atoms with Crippen LogP contribution in [-0.2, 0) is 16.2 Å². The number of hydrogen-bond donors (Lipinski definition) is 0. The molecule has 0 bridgehead atoms. The predicted molar refractivity (Wildman–Crippen MR) is 296 cm³/mol. The summed E-state index contributed by atoms with van der Waals surface area (Å²) >= 11 is 0. The number of benzene rings is 9. The van der Waals surface area contributed by atoms with Crippen molar-refractivity contribution in [2.45, 2.75) is 98.3 Å². The lowest BCUT2D eigenvalue weighted by Gasteiger charge is -2.28. The first-order valence-electron chi connectivity index (χ1n) is 24.6. The summed E-state index contributed by atoms with van der Waals surface area (Å²) in [4.78, 5) is 4.72. The van der Waals surface area contributed by atoms with E-state index in [0.717, 1.165) is 99.5 Å².